The molecule has 8 nitrogen and oxygen atoms in total. The van der Waals surface area contributed by atoms with Gasteiger partial charge in [-0.2, -0.15) is 4.31 Å². The Morgan fingerprint density at radius 1 is 1.00 bits per heavy atom. The number of sulfonamides is 1. The Hall–Kier alpha value is -1.78. The van der Waals surface area contributed by atoms with Gasteiger partial charge in [0.1, 0.15) is 0 Å². The van der Waals surface area contributed by atoms with Crippen molar-refractivity contribution in [3.05, 3.63) is 35.9 Å². The van der Waals surface area contributed by atoms with E-state index in [4.69, 9.17) is 9.47 Å². The second-order valence-electron chi connectivity index (χ2n) is 6.66. The molecule has 0 unspecified atom stereocenters. The third-order valence-electron chi connectivity index (χ3n) is 4.75. The summed E-state index contributed by atoms with van der Waals surface area (Å²) in [6.45, 7) is 6.23. The number of carbonyl (C=O) groups excluding carboxylic acids is 1. The van der Waals surface area contributed by atoms with Crippen molar-refractivity contribution in [2.45, 2.75) is 4.90 Å². The number of rotatable bonds is 7. The fourth-order valence-corrected chi connectivity index (χ4v) is 4.49. The van der Waals surface area contributed by atoms with E-state index in [2.05, 4.69) is 10.2 Å². The molecule has 28 heavy (non-hydrogen) atoms. The zero-order chi connectivity index (χ0) is 19.8. The molecule has 2 saturated heterocycles. The average Bonchev–Trinajstić information content (AvgIpc) is 2.74. The Bertz CT molecular complexity index is 767. The SMILES string of the molecule is O=C(C=Cc1ccc(S(=O)(=O)N2CCOCC2)cc1)NCCN1CCOCC1. The largest absolute Gasteiger partial charge is 0.379 e. The Labute approximate surface area is 166 Å². The monoisotopic (exact) mass is 409 g/mol. The zero-order valence-electron chi connectivity index (χ0n) is 15.9. The summed E-state index contributed by atoms with van der Waals surface area (Å²) in [5.41, 5.74) is 0.768. The number of ether oxygens (including phenoxy) is 2. The van der Waals surface area contributed by atoms with Gasteiger partial charge in [0.15, 0.2) is 0 Å². The van der Waals surface area contributed by atoms with Crippen molar-refractivity contribution in [3.63, 3.8) is 0 Å². The van der Waals surface area contributed by atoms with Crippen molar-refractivity contribution in [3.8, 4) is 0 Å². The minimum atomic E-state index is -3.50. The summed E-state index contributed by atoms with van der Waals surface area (Å²) in [7, 11) is -3.50. The summed E-state index contributed by atoms with van der Waals surface area (Å²) in [5, 5.41) is 2.86. The van der Waals surface area contributed by atoms with Crippen molar-refractivity contribution in [2.75, 3.05) is 65.7 Å². The average molecular weight is 410 g/mol. The van der Waals surface area contributed by atoms with Gasteiger partial charge in [-0.1, -0.05) is 12.1 Å². The van der Waals surface area contributed by atoms with Crippen molar-refractivity contribution in [1.82, 2.24) is 14.5 Å². The topological polar surface area (TPSA) is 88.2 Å². The van der Waals surface area contributed by atoms with Gasteiger partial charge in [0.2, 0.25) is 15.9 Å². The van der Waals surface area contributed by atoms with E-state index in [1.54, 1.807) is 30.3 Å². The number of hydrogen-bond donors (Lipinski definition) is 1. The van der Waals surface area contributed by atoms with Crippen LogP contribution in [-0.4, -0.2) is 89.2 Å². The number of nitrogens with zero attached hydrogens (tertiary/aromatic N) is 2. The second kappa shape index (κ2) is 10.1. The van der Waals surface area contributed by atoms with E-state index in [9.17, 15) is 13.2 Å². The Morgan fingerprint density at radius 2 is 1.61 bits per heavy atom. The van der Waals surface area contributed by atoms with Crippen LogP contribution in [0.3, 0.4) is 0 Å². The quantitative estimate of drug-likeness (QED) is 0.646. The fraction of sp³-hybridized carbons (Fsp3) is 0.526. The molecule has 0 aromatic heterocycles. The highest BCUT2D eigenvalue weighted by Gasteiger charge is 2.25. The summed E-state index contributed by atoms with van der Waals surface area (Å²) in [4.78, 5) is 14.4. The summed E-state index contributed by atoms with van der Waals surface area (Å²) in [5.74, 6) is -0.168. The van der Waals surface area contributed by atoms with Crippen LogP contribution in [0.5, 0.6) is 0 Å². The highest BCUT2D eigenvalue weighted by molar-refractivity contribution is 7.89. The maximum Gasteiger partial charge on any atom is 0.244 e. The van der Waals surface area contributed by atoms with E-state index >= 15 is 0 Å². The molecule has 1 N–H and O–H groups in total. The molecule has 2 heterocycles. The molecule has 2 aliphatic heterocycles. The number of nitrogens with one attached hydrogen (secondary N) is 1. The lowest BCUT2D eigenvalue weighted by Gasteiger charge is -2.26. The highest BCUT2D eigenvalue weighted by Crippen LogP contribution is 2.18. The van der Waals surface area contributed by atoms with Gasteiger partial charge in [0, 0.05) is 45.3 Å². The van der Waals surface area contributed by atoms with Gasteiger partial charge < -0.3 is 14.8 Å². The predicted molar refractivity (Wildman–Crippen MR) is 105 cm³/mol. The molecule has 0 atom stereocenters. The number of amides is 1. The third kappa shape index (κ3) is 5.86. The van der Waals surface area contributed by atoms with E-state index in [0.717, 1.165) is 38.4 Å². The first kappa shape index (κ1) is 20.9. The summed E-state index contributed by atoms with van der Waals surface area (Å²) in [6.07, 6.45) is 3.14. The van der Waals surface area contributed by atoms with Crippen molar-refractivity contribution in [2.24, 2.45) is 0 Å². The lowest BCUT2D eigenvalue weighted by Crippen LogP contribution is -2.41. The minimum absolute atomic E-state index is 0.168. The summed E-state index contributed by atoms with van der Waals surface area (Å²) < 4.78 is 37.1. The van der Waals surface area contributed by atoms with E-state index in [-0.39, 0.29) is 10.8 Å². The van der Waals surface area contributed by atoms with Crippen LogP contribution in [0.25, 0.3) is 6.08 Å². The molecule has 2 fully saturated rings. The molecule has 0 radical (unpaired) electrons. The van der Waals surface area contributed by atoms with Crippen LogP contribution in [0.2, 0.25) is 0 Å². The molecule has 1 aromatic carbocycles. The Balaban J connectivity index is 1.48. The van der Waals surface area contributed by atoms with Crippen LogP contribution < -0.4 is 5.32 Å². The van der Waals surface area contributed by atoms with Crippen molar-refractivity contribution < 1.29 is 22.7 Å². The number of morpholine rings is 2. The fourth-order valence-electron chi connectivity index (χ4n) is 3.08. The van der Waals surface area contributed by atoms with E-state index in [1.165, 1.54) is 10.4 Å². The number of hydrogen-bond acceptors (Lipinski definition) is 6. The molecule has 0 spiro atoms. The first-order valence-corrected chi connectivity index (χ1v) is 10.9. The standard InChI is InChI=1S/C19H27N3O5S/c23-19(20-7-8-21-9-13-26-14-10-21)6-3-17-1-4-18(5-2-17)28(24,25)22-11-15-27-16-12-22/h1-6H,7-16H2,(H,20,23). The first-order chi connectivity index (χ1) is 13.6. The molecule has 0 bridgehead atoms. The van der Waals surface area contributed by atoms with Crippen LogP contribution in [0.4, 0.5) is 0 Å². The summed E-state index contributed by atoms with van der Waals surface area (Å²) in [6, 6.07) is 6.54. The smallest absolute Gasteiger partial charge is 0.244 e. The van der Waals surface area contributed by atoms with E-state index < -0.39 is 10.0 Å². The van der Waals surface area contributed by atoms with Gasteiger partial charge in [-0.3, -0.25) is 9.69 Å². The van der Waals surface area contributed by atoms with Crippen molar-refractivity contribution >= 4 is 22.0 Å². The zero-order valence-corrected chi connectivity index (χ0v) is 16.7. The molecule has 0 aliphatic carbocycles. The second-order valence-corrected chi connectivity index (χ2v) is 8.60. The lowest BCUT2D eigenvalue weighted by molar-refractivity contribution is -0.116. The maximum atomic E-state index is 12.6. The van der Waals surface area contributed by atoms with Gasteiger partial charge in [0.05, 0.1) is 31.3 Å². The van der Waals surface area contributed by atoms with E-state index in [1.807, 2.05) is 0 Å². The summed E-state index contributed by atoms with van der Waals surface area (Å²) >= 11 is 0. The molecule has 3 rings (SSSR count). The van der Waals surface area contributed by atoms with E-state index in [0.29, 0.717) is 32.8 Å². The Morgan fingerprint density at radius 3 is 2.25 bits per heavy atom. The molecular formula is C19H27N3O5S. The maximum absolute atomic E-state index is 12.6. The highest BCUT2D eigenvalue weighted by atomic mass is 32.2. The molecule has 1 amide bonds. The predicted octanol–water partition coefficient (Wildman–Crippen LogP) is 0.169. The van der Waals surface area contributed by atoms with Gasteiger partial charge in [-0.15, -0.1) is 0 Å². The van der Waals surface area contributed by atoms with Crippen LogP contribution in [0.15, 0.2) is 35.2 Å². The molecule has 0 saturated carbocycles. The van der Waals surface area contributed by atoms with Gasteiger partial charge >= 0.3 is 0 Å². The third-order valence-corrected chi connectivity index (χ3v) is 6.66. The lowest BCUT2D eigenvalue weighted by atomic mass is 10.2. The number of carbonyl (C=O) groups is 1. The van der Waals surface area contributed by atoms with Crippen LogP contribution in [0.1, 0.15) is 5.56 Å². The molecular weight excluding hydrogens is 382 g/mol. The van der Waals surface area contributed by atoms with Gasteiger partial charge in [0.25, 0.3) is 0 Å². The molecule has 9 heteroatoms. The first-order valence-electron chi connectivity index (χ1n) is 9.50. The van der Waals surface area contributed by atoms with Crippen LogP contribution in [-0.2, 0) is 24.3 Å². The molecule has 2 aliphatic rings. The molecule has 154 valence electrons. The van der Waals surface area contributed by atoms with Crippen LogP contribution >= 0.6 is 0 Å². The molecule has 1 aromatic rings. The Kier molecular flexibility index (Phi) is 7.57. The van der Waals surface area contributed by atoms with Crippen LogP contribution in [0, 0.1) is 0 Å². The van der Waals surface area contributed by atoms with Gasteiger partial charge in [-0.25, -0.2) is 8.42 Å². The van der Waals surface area contributed by atoms with Crippen molar-refractivity contribution in [1.29, 1.82) is 0 Å². The van der Waals surface area contributed by atoms with Gasteiger partial charge in [-0.05, 0) is 23.8 Å². The minimum Gasteiger partial charge on any atom is -0.379 e. The normalized spacial score (nSPS) is 19.7. The number of benzene rings is 1.